The summed E-state index contributed by atoms with van der Waals surface area (Å²) >= 11 is 0. The van der Waals surface area contributed by atoms with Crippen LogP contribution < -0.4 is 5.32 Å². The number of carbonyl (C=O) groups excluding carboxylic acids is 3. The molecule has 0 spiro atoms. The van der Waals surface area contributed by atoms with Crippen molar-refractivity contribution in [3.63, 3.8) is 0 Å². The van der Waals surface area contributed by atoms with Crippen molar-refractivity contribution in [2.24, 2.45) is 0 Å². The fourth-order valence-electron chi connectivity index (χ4n) is 3.84. The molecule has 1 fully saturated rings. The molecule has 1 saturated heterocycles. The van der Waals surface area contributed by atoms with E-state index in [0.717, 1.165) is 44.1 Å². The van der Waals surface area contributed by atoms with E-state index >= 15 is 0 Å². The first-order chi connectivity index (χ1) is 12.6. The van der Waals surface area contributed by atoms with Crippen LogP contribution in [-0.4, -0.2) is 40.4 Å². The van der Waals surface area contributed by atoms with Crippen LogP contribution in [0.25, 0.3) is 0 Å². The van der Waals surface area contributed by atoms with Gasteiger partial charge in [-0.2, -0.15) is 0 Å². The lowest BCUT2D eigenvalue weighted by atomic mass is 9.98. The quantitative estimate of drug-likeness (QED) is 0.549. The van der Waals surface area contributed by atoms with E-state index in [1.54, 1.807) is 4.90 Å². The molecule has 6 heteroatoms. The van der Waals surface area contributed by atoms with Crippen molar-refractivity contribution in [2.45, 2.75) is 64.0 Å². The number of unbranched alkanes of at least 4 members (excludes halogenated alkanes) is 4. The average Bonchev–Trinajstić information content (AvgIpc) is 2.96. The predicted molar refractivity (Wildman–Crippen MR) is 96.4 cm³/mol. The molecule has 2 heterocycles. The second-order valence-electron chi connectivity index (χ2n) is 7.08. The molecule has 3 rings (SSSR count). The predicted octanol–water partition coefficient (Wildman–Crippen LogP) is 1.93. The van der Waals surface area contributed by atoms with Gasteiger partial charge in [-0.25, -0.2) is 0 Å². The van der Waals surface area contributed by atoms with Gasteiger partial charge in [0.1, 0.15) is 6.04 Å². The van der Waals surface area contributed by atoms with Crippen molar-refractivity contribution < 1.29 is 19.5 Å². The summed E-state index contributed by atoms with van der Waals surface area (Å²) < 4.78 is 0. The standard InChI is InChI=1S/C20H26N2O4/c23-12-5-3-1-2-4-7-14-8-6-9-15-16(14)13-22(20(15)26)17-10-11-18(24)21-19(17)25/h6,8-9,17,23H,1-5,7,10-13H2,(H,21,24,25). The molecule has 2 N–H and O–H groups in total. The van der Waals surface area contributed by atoms with E-state index in [4.69, 9.17) is 5.11 Å². The smallest absolute Gasteiger partial charge is 0.255 e. The third-order valence-electron chi connectivity index (χ3n) is 5.28. The lowest BCUT2D eigenvalue weighted by Gasteiger charge is -2.29. The largest absolute Gasteiger partial charge is 0.396 e. The third kappa shape index (κ3) is 3.96. The number of rotatable bonds is 8. The molecule has 140 valence electrons. The molecule has 0 bridgehead atoms. The van der Waals surface area contributed by atoms with Crippen molar-refractivity contribution in [2.75, 3.05) is 6.61 Å². The van der Waals surface area contributed by atoms with Crippen LogP contribution >= 0.6 is 0 Å². The molecule has 1 unspecified atom stereocenters. The molecule has 1 aromatic carbocycles. The highest BCUT2D eigenvalue weighted by Gasteiger charge is 2.39. The zero-order chi connectivity index (χ0) is 18.5. The van der Waals surface area contributed by atoms with E-state index in [0.29, 0.717) is 18.5 Å². The summed E-state index contributed by atoms with van der Waals surface area (Å²) in [4.78, 5) is 37.8. The lowest BCUT2D eigenvalue weighted by molar-refractivity contribution is -0.136. The summed E-state index contributed by atoms with van der Waals surface area (Å²) in [6.45, 7) is 0.700. The zero-order valence-electron chi connectivity index (χ0n) is 15.0. The van der Waals surface area contributed by atoms with E-state index in [1.807, 2.05) is 12.1 Å². The summed E-state index contributed by atoms with van der Waals surface area (Å²) in [6, 6.07) is 5.24. The molecule has 26 heavy (non-hydrogen) atoms. The van der Waals surface area contributed by atoms with Gasteiger partial charge in [0.05, 0.1) is 0 Å². The van der Waals surface area contributed by atoms with Crippen molar-refractivity contribution in [1.82, 2.24) is 10.2 Å². The molecule has 6 nitrogen and oxygen atoms in total. The molecule has 2 aliphatic heterocycles. The summed E-state index contributed by atoms with van der Waals surface area (Å²) in [7, 11) is 0. The summed E-state index contributed by atoms with van der Waals surface area (Å²) in [5, 5.41) is 11.2. The lowest BCUT2D eigenvalue weighted by Crippen LogP contribution is -2.52. The first kappa shape index (κ1) is 18.6. The first-order valence-electron chi connectivity index (χ1n) is 9.48. The Bertz CT molecular complexity index is 701. The highest BCUT2D eigenvalue weighted by Crippen LogP contribution is 2.30. The minimum Gasteiger partial charge on any atom is -0.396 e. The maximum atomic E-state index is 12.8. The van der Waals surface area contributed by atoms with Crippen LogP contribution in [0.15, 0.2) is 18.2 Å². The first-order valence-corrected chi connectivity index (χ1v) is 9.48. The highest BCUT2D eigenvalue weighted by atomic mass is 16.3. The molecular formula is C20H26N2O4. The van der Waals surface area contributed by atoms with Crippen molar-refractivity contribution in [3.05, 3.63) is 34.9 Å². The van der Waals surface area contributed by atoms with Gasteiger partial charge in [-0.05, 0) is 42.9 Å². The molecule has 0 aliphatic carbocycles. The molecule has 1 aromatic rings. The SMILES string of the molecule is O=C1CCC(N2Cc3c(CCCCCCCO)cccc3C2=O)C(=O)N1. The number of aliphatic hydroxyl groups is 1. The number of amides is 3. The van der Waals surface area contributed by atoms with Gasteiger partial charge >= 0.3 is 0 Å². The molecule has 2 aliphatic rings. The third-order valence-corrected chi connectivity index (χ3v) is 5.28. The van der Waals surface area contributed by atoms with Crippen LogP contribution in [0.3, 0.4) is 0 Å². The van der Waals surface area contributed by atoms with Gasteiger partial charge in [0.2, 0.25) is 11.8 Å². The van der Waals surface area contributed by atoms with Gasteiger partial charge in [-0.15, -0.1) is 0 Å². The van der Waals surface area contributed by atoms with E-state index in [9.17, 15) is 14.4 Å². The number of hydrogen-bond donors (Lipinski definition) is 2. The number of imide groups is 1. The van der Waals surface area contributed by atoms with Crippen molar-refractivity contribution >= 4 is 17.7 Å². The summed E-state index contributed by atoms with van der Waals surface area (Å²) in [6.07, 6.45) is 6.75. The maximum absolute atomic E-state index is 12.8. The molecule has 0 aromatic heterocycles. The van der Waals surface area contributed by atoms with Crippen LogP contribution in [0.4, 0.5) is 0 Å². The van der Waals surface area contributed by atoms with Crippen LogP contribution in [-0.2, 0) is 22.6 Å². The molecule has 3 amide bonds. The van der Waals surface area contributed by atoms with E-state index in [1.165, 1.54) is 5.56 Å². The Morgan fingerprint density at radius 2 is 1.85 bits per heavy atom. The normalized spacial score (nSPS) is 19.7. The van der Waals surface area contributed by atoms with Crippen LogP contribution in [0.1, 0.15) is 66.4 Å². The molecular weight excluding hydrogens is 332 g/mol. The highest BCUT2D eigenvalue weighted by molar-refractivity contribution is 6.05. The second kappa shape index (κ2) is 8.45. The summed E-state index contributed by atoms with van der Waals surface area (Å²) in [5.41, 5.74) is 2.89. The number of carbonyl (C=O) groups is 3. The second-order valence-corrected chi connectivity index (χ2v) is 7.08. The molecule has 0 saturated carbocycles. The fourth-order valence-corrected chi connectivity index (χ4v) is 3.84. The number of nitrogens with zero attached hydrogens (tertiary/aromatic N) is 1. The van der Waals surface area contributed by atoms with Crippen LogP contribution in [0, 0.1) is 0 Å². The number of piperidine rings is 1. The Morgan fingerprint density at radius 3 is 2.62 bits per heavy atom. The Balaban J connectivity index is 1.64. The van der Waals surface area contributed by atoms with E-state index in [2.05, 4.69) is 11.4 Å². The Morgan fingerprint density at radius 1 is 1.08 bits per heavy atom. The van der Waals surface area contributed by atoms with E-state index < -0.39 is 6.04 Å². The monoisotopic (exact) mass is 358 g/mol. The Kier molecular flexibility index (Phi) is 6.04. The summed E-state index contributed by atoms with van der Waals surface area (Å²) in [5.74, 6) is -0.746. The number of aliphatic hydroxyl groups excluding tert-OH is 1. The minimum absolute atomic E-state index is 0.112. The van der Waals surface area contributed by atoms with Gasteiger partial charge in [-0.1, -0.05) is 31.4 Å². The molecule has 0 radical (unpaired) electrons. The topological polar surface area (TPSA) is 86.7 Å². The van der Waals surface area contributed by atoms with E-state index in [-0.39, 0.29) is 30.7 Å². The van der Waals surface area contributed by atoms with Gasteiger partial charge in [0.25, 0.3) is 5.91 Å². The maximum Gasteiger partial charge on any atom is 0.255 e. The molecule has 1 atom stereocenters. The Hall–Kier alpha value is -2.21. The van der Waals surface area contributed by atoms with Crippen molar-refractivity contribution in [3.8, 4) is 0 Å². The fraction of sp³-hybridized carbons (Fsp3) is 0.550. The van der Waals surface area contributed by atoms with Gasteiger partial charge in [-0.3, -0.25) is 19.7 Å². The number of aryl methyl sites for hydroxylation is 1. The Labute approximate surface area is 153 Å². The van der Waals surface area contributed by atoms with Gasteiger partial charge < -0.3 is 10.0 Å². The average molecular weight is 358 g/mol. The van der Waals surface area contributed by atoms with Gasteiger partial charge in [0, 0.05) is 25.1 Å². The minimum atomic E-state index is -0.557. The van der Waals surface area contributed by atoms with Crippen LogP contribution in [0.2, 0.25) is 0 Å². The zero-order valence-corrected chi connectivity index (χ0v) is 15.0. The van der Waals surface area contributed by atoms with Gasteiger partial charge in [0.15, 0.2) is 0 Å². The van der Waals surface area contributed by atoms with Crippen molar-refractivity contribution in [1.29, 1.82) is 0 Å². The van der Waals surface area contributed by atoms with Crippen LogP contribution in [0.5, 0.6) is 0 Å². The number of hydrogen-bond acceptors (Lipinski definition) is 4. The number of nitrogens with one attached hydrogen (secondary N) is 1. The number of benzene rings is 1. The number of fused-ring (bicyclic) bond motifs is 1.